The van der Waals surface area contributed by atoms with Crippen molar-refractivity contribution >= 4 is 27.2 Å². The number of aliphatic hydroxyl groups excluding tert-OH is 4. The summed E-state index contributed by atoms with van der Waals surface area (Å²) in [7, 11) is -4.82. The molecule has 2 rings (SSSR count). The number of unbranched alkanes of at least 4 members (excludes halogenated alkanes) is 1. The van der Waals surface area contributed by atoms with Crippen LogP contribution in [0.15, 0.2) is 35.5 Å². The lowest BCUT2D eigenvalue weighted by atomic mass is 10.0. The van der Waals surface area contributed by atoms with Gasteiger partial charge >= 0.3 is 10.4 Å². The molecule has 10 nitrogen and oxygen atoms in total. The Bertz CT molecular complexity index is 757. The Kier molecular flexibility index (Phi) is 9.30. The van der Waals surface area contributed by atoms with Gasteiger partial charge in [-0.15, -0.1) is 0 Å². The largest absolute Gasteiger partial charge is 0.466 e. The van der Waals surface area contributed by atoms with Crippen molar-refractivity contribution in [3.63, 3.8) is 0 Å². The van der Waals surface area contributed by atoms with Gasteiger partial charge in [0.25, 0.3) is 0 Å². The van der Waals surface area contributed by atoms with Gasteiger partial charge in [0.1, 0.15) is 34.9 Å². The van der Waals surface area contributed by atoms with Crippen LogP contribution < -0.4 is 0 Å². The summed E-state index contributed by atoms with van der Waals surface area (Å²) in [5, 5.41) is 42.6. The number of thioether (sulfide) groups is 1. The summed E-state index contributed by atoms with van der Waals surface area (Å²) in [4.78, 5) is 0. The van der Waals surface area contributed by atoms with Crippen molar-refractivity contribution in [1.29, 1.82) is 0 Å². The Labute approximate surface area is 173 Å². The summed E-state index contributed by atoms with van der Waals surface area (Å²) in [6.45, 7) is -0.590. The van der Waals surface area contributed by atoms with Crippen molar-refractivity contribution in [2.24, 2.45) is 5.16 Å². The van der Waals surface area contributed by atoms with Gasteiger partial charge in [-0.1, -0.05) is 47.2 Å². The van der Waals surface area contributed by atoms with E-state index in [1.54, 1.807) is 0 Å². The first-order chi connectivity index (χ1) is 13.7. The highest BCUT2D eigenvalue weighted by atomic mass is 32.3. The molecular weight excluding hydrogens is 426 g/mol. The van der Waals surface area contributed by atoms with Crippen LogP contribution in [-0.2, 0) is 25.8 Å². The molecule has 29 heavy (non-hydrogen) atoms. The van der Waals surface area contributed by atoms with E-state index in [1.165, 1.54) is 0 Å². The molecule has 1 fully saturated rings. The normalized spacial score (nSPS) is 28.3. The Morgan fingerprint density at radius 3 is 2.41 bits per heavy atom. The average molecular weight is 452 g/mol. The predicted octanol–water partition coefficient (Wildman–Crippen LogP) is 0.0654. The van der Waals surface area contributed by atoms with E-state index in [1.807, 2.05) is 30.3 Å². The third kappa shape index (κ3) is 7.83. The van der Waals surface area contributed by atoms with Crippen LogP contribution in [0.2, 0.25) is 0 Å². The van der Waals surface area contributed by atoms with Gasteiger partial charge in [-0.05, 0) is 31.2 Å². The molecule has 5 N–H and O–H groups in total. The summed E-state index contributed by atoms with van der Waals surface area (Å²) in [5.74, 6) is 0. The van der Waals surface area contributed by atoms with Crippen LogP contribution in [0.4, 0.5) is 0 Å². The second-order valence-electron chi connectivity index (χ2n) is 6.50. The summed E-state index contributed by atoms with van der Waals surface area (Å²) in [6, 6.07) is 9.74. The fourth-order valence-electron chi connectivity index (χ4n) is 2.76. The molecule has 1 saturated heterocycles. The molecule has 1 aliphatic heterocycles. The molecule has 1 heterocycles. The van der Waals surface area contributed by atoms with Crippen molar-refractivity contribution in [3.8, 4) is 0 Å². The fourth-order valence-corrected chi connectivity index (χ4v) is 4.10. The Morgan fingerprint density at radius 1 is 1.10 bits per heavy atom. The zero-order valence-electron chi connectivity index (χ0n) is 15.4. The van der Waals surface area contributed by atoms with Gasteiger partial charge in [-0.2, -0.15) is 8.42 Å². The molecule has 0 aromatic heterocycles. The van der Waals surface area contributed by atoms with Crippen molar-refractivity contribution in [2.45, 2.75) is 55.5 Å². The molecule has 0 bridgehead atoms. The van der Waals surface area contributed by atoms with Crippen LogP contribution in [0.1, 0.15) is 24.8 Å². The van der Waals surface area contributed by atoms with Crippen LogP contribution in [0.3, 0.4) is 0 Å². The van der Waals surface area contributed by atoms with Gasteiger partial charge in [0.2, 0.25) is 0 Å². The molecule has 0 radical (unpaired) electrons. The smallest absolute Gasteiger partial charge is 0.394 e. The lowest BCUT2D eigenvalue weighted by molar-refractivity contribution is -0.205. The molecule has 0 saturated carbocycles. The van der Waals surface area contributed by atoms with Crippen LogP contribution in [-0.4, -0.2) is 74.9 Å². The molecule has 0 aliphatic carbocycles. The topological polar surface area (TPSA) is 166 Å². The number of aliphatic hydroxyl groups is 4. The lowest BCUT2D eigenvalue weighted by Gasteiger charge is -2.39. The van der Waals surface area contributed by atoms with Crippen molar-refractivity contribution < 1.29 is 42.4 Å². The van der Waals surface area contributed by atoms with Crippen molar-refractivity contribution in [3.05, 3.63) is 35.9 Å². The number of aryl methyl sites for hydroxylation is 1. The average Bonchev–Trinajstić information content (AvgIpc) is 2.69. The maximum atomic E-state index is 10.8. The summed E-state index contributed by atoms with van der Waals surface area (Å²) >= 11 is 0.781. The number of hydrogen-bond donors (Lipinski definition) is 5. The highest BCUT2D eigenvalue weighted by molar-refractivity contribution is 8.14. The first-order valence-electron chi connectivity index (χ1n) is 8.95. The Morgan fingerprint density at radius 2 is 1.79 bits per heavy atom. The third-order valence-corrected chi connectivity index (χ3v) is 5.72. The monoisotopic (exact) mass is 451 g/mol. The molecule has 164 valence electrons. The van der Waals surface area contributed by atoms with Gasteiger partial charge in [0, 0.05) is 0 Å². The highest BCUT2D eigenvalue weighted by Gasteiger charge is 2.44. The fraction of sp³-hybridized carbons (Fsp3) is 0.588. The number of oxime groups is 1. The molecular formula is C17H25NO9S2. The first kappa shape index (κ1) is 24.0. The van der Waals surface area contributed by atoms with Gasteiger partial charge in [0.05, 0.1) is 6.61 Å². The maximum absolute atomic E-state index is 10.8. The third-order valence-electron chi connectivity index (χ3n) is 4.28. The van der Waals surface area contributed by atoms with E-state index in [-0.39, 0.29) is 11.5 Å². The van der Waals surface area contributed by atoms with Gasteiger partial charge < -0.3 is 25.2 Å². The van der Waals surface area contributed by atoms with E-state index in [4.69, 9.17) is 9.29 Å². The first-order valence-corrected chi connectivity index (χ1v) is 11.2. The summed E-state index contributed by atoms with van der Waals surface area (Å²) in [5.41, 5.74) is 0.00480. The number of hydrogen-bond acceptors (Lipinski definition) is 10. The zero-order valence-corrected chi connectivity index (χ0v) is 17.1. The van der Waals surface area contributed by atoms with Crippen molar-refractivity contribution in [1.82, 2.24) is 0 Å². The molecule has 1 aromatic rings. The summed E-state index contributed by atoms with van der Waals surface area (Å²) < 4.78 is 39.9. The number of nitrogens with zero attached hydrogens (tertiary/aromatic N) is 1. The van der Waals surface area contributed by atoms with Gasteiger partial charge in [-0.3, -0.25) is 4.55 Å². The molecule has 1 aromatic carbocycles. The van der Waals surface area contributed by atoms with E-state index in [0.717, 1.165) is 30.2 Å². The SMILES string of the molecule is O=S(=O)(O)O/N=C(/CCCCc1ccccc1)S[C@H]1O[C@H](CO)[C@H](O)[C@@H](O)[C@H]1O. The minimum Gasteiger partial charge on any atom is -0.394 e. The highest BCUT2D eigenvalue weighted by Crippen LogP contribution is 2.30. The van der Waals surface area contributed by atoms with Gasteiger partial charge in [0.15, 0.2) is 0 Å². The molecule has 0 spiro atoms. The Balaban J connectivity index is 1.99. The molecule has 1 aliphatic rings. The second-order valence-corrected chi connectivity index (χ2v) is 8.67. The van der Waals surface area contributed by atoms with Crippen LogP contribution in [0.5, 0.6) is 0 Å². The number of rotatable bonds is 9. The van der Waals surface area contributed by atoms with Crippen LogP contribution in [0, 0.1) is 0 Å². The molecule has 0 amide bonds. The zero-order chi connectivity index (χ0) is 21.4. The lowest BCUT2D eigenvalue weighted by Crippen LogP contribution is -2.57. The van der Waals surface area contributed by atoms with Gasteiger partial charge in [-0.25, -0.2) is 4.28 Å². The molecule has 0 unspecified atom stereocenters. The molecule has 12 heteroatoms. The molecule has 5 atom stereocenters. The minimum atomic E-state index is -4.82. The quantitative estimate of drug-likeness (QED) is 0.114. The minimum absolute atomic E-state index is 0.0972. The van der Waals surface area contributed by atoms with Crippen LogP contribution in [0.25, 0.3) is 0 Å². The van der Waals surface area contributed by atoms with Crippen molar-refractivity contribution in [2.75, 3.05) is 6.61 Å². The van der Waals surface area contributed by atoms with E-state index in [0.29, 0.717) is 6.42 Å². The number of ether oxygens (including phenoxy) is 1. The van der Waals surface area contributed by atoms with E-state index in [9.17, 15) is 28.8 Å². The van der Waals surface area contributed by atoms with E-state index >= 15 is 0 Å². The summed E-state index contributed by atoms with van der Waals surface area (Å²) in [6.07, 6.45) is -3.31. The number of benzene rings is 1. The van der Waals surface area contributed by atoms with E-state index < -0.39 is 46.9 Å². The predicted molar refractivity (Wildman–Crippen MR) is 105 cm³/mol. The Hall–Kier alpha value is -1.25. The van der Waals surface area contributed by atoms with E-state index in [2.05, 4.69) is 9.44 Å². The standard InChI is InChI=1S/C17H25NO9S2/c19-10-12-14(20)15(21)16(22)17(26-12)28-13(18-27-29(23,24)25)9-5-4-8-11-6-2-1-3-7-11/h1-3,6-7,12,14-17,19-22H,4-5,8-10H2,(H,23,24,25)/b18-13-/t12-,14+,15-,16-,17-/m1/s1. The second kappa shape index (κ2) is 11.2. The maximum Gasteiger partial charge on any atom is 0.466 e. The van der Waals surface area contributed by atoms with Crippen LogP contribution >= 0.6 is 11.8 Å².